The van der Waals surface area contributed by atoms with Gasteiger partial charge in [0.1, 0.15) is 6.10 Å². The van der Waals surface area contributed by atoms with Gasteiger partial charge in [0.25, 0.3) is 0 Å². The highest BCUT2D eigenvalue weighted by Crippen LogP contribution is 2.37. The highest BCUT2D eigenvalue weighted by molar-refractivity contribution is 5.72. The SMILES string of the molecule is CCCc1ccc([C@H]2CC[C@H](C(=O)O[C@H]3CC[C@H](CCC=CC=CC#N)CC3)CC2)cc1. The predicted octanol–water partition coefficient (Wildman–Crippen LogP) is 7.43. The fourth-order valence-electron chi connectivity index (χ4n) is 5.31. The minimum atomic E-state index is 0.0532. The zero-order valence-electron chi connectivity index (χ0n) is 19.7. The summed E-state index contributed by atoms with van der Waals surface area (Å²) in [6.45, 7) is 2.22. The largest absolute Gasteiger partial charge is 0.462 e. The van der Waals surface area contributed by atoms with Gasteiger partial charge in [-0.3, -0.25) is 4.79 Å². The molecule has 0 atom stereocenters. The lowest BCUT2D eigenvalue weighted by atomic mass is 9.78. The van der Waals surface area contributed by atoms with Crippen LogP contribution in [-0.4, -0.2) is 12.1 Å². The summed E-state index contributed by atoms with van der Waals surface area (Å²) in [5, 5.41) is 8.47. The maximum absolute atomic E-state index is 12.7. The van der Waals surface area contributed by atoms with Crippen molar-refractivity contribution in [2.45, 2.75) is 96.0 Å². The number of esters is 1. The Bertz CT molecular complexity index is 785. The molecule has 0 N–H and O–H groups in total. The Morgan fingerprint density at radius 3 is 2.41 bits per heavy atom. The average Bonchev–Trinajstić information content (AvgIpc) is 2.83. The van der Waals surface area contributed by atoms with Gasteiger partial charge in [0, 0.05) is 6.08 Å². The normalized spacial score (nSPS) is 26.2. The molecule has 2 aliphatic carbocycles. The van der Waals surface area contributed by atoms with Gasteiger partial charge in [-0.25, -0.2) is 0 Å². The Balaban J connectivity index is 1.33. The van der Waals surface area contributed by atoms with Crippen LogP contribution in [0, 0.1) is 23.2 Å². The van der Waals surface area contributed by atoms with E-state index in [1.54, 1.807) is 6.08 Å². The number of carbonyl (C=O) groups is 1. The number of rotatable bonds is 9. The first-order valence-corrected chi connectivity index (χ1v) is 12.7. The number of nitrogens with zero attached hydrogens (tertiary/aromatic N) is 1. The Morgan fingerprint density at radius 2 is 1.75 bits per heavy atom. The van der Waals surface area contributed by atoms with Crippen LogP contribution in [0.5, 0.6) is 0 Å². The molecule has 2 fully saturated rings. The molecule has 0 amide bonds. The number of aryl methyl sites for hydroxylation is 1. The number of nitriles is 1. The van der Waals surface area contributed by atoms with Crippen LogP contribution in [0.25, 0.3) is 0 Å². The molecule has 0 aliphatic heterocycles. The van der Waals surface area contributed by atoms with E-state index < -0.39 is 0 Å². The van der Waals surface area contributed by atoms with Crippen molar-refractivity contribution in [1.29, 1.82) is 5.26 Å². The third-order valence-electron chi connectivity index (χ3n) is 7.29. The van der Waals surface area contributed by atoms with Crippen LogP contribution in [0.2, 0.25) is 0 Å². The summed E-state index contributed by atoms with van der Waals surface area (Å²) in [4.78, 5) is 12.7. The van der Waals surface area contributed by atoms with Crippen molar-refractivity contribution >= 4 is 5.97 Å². The minimum absolute atomic E-state index is 0.0532. The molecule has 0 radical (unpaired) electrons. The third kappa shape index (κ3) is 7.66. The minimum Gasteiger partial charge on any atom is -0.462 e. The van der Waals surface area contributed by atoms with E-state index in [9.17, 15) is 4.79 Å². The van der Waals surface area contributed by atoms with Gasteiger partial charge in [0.2, 0.25) is 0 Å². The molecule has 1 aromatic rings. The molecule has 172 valence electrons. The van der Waals surface area contributed by atoms with Crippen LogP contribution in [0.3, 0.4) is 0 Å². The van der Waals surface area contributed by atoms with Gasteiger partial charge >= 0.3 is 5.97 Å². The molecule has 3 rings (SSSR count). The molecule has 32 heavy (non-hydrogen) atoms. The zero-order chi connectivity index (χ0) is 22.6. The first kappa shape index (κ1) is 24.3. The fraction of sp³-hybridized carbons (Fsp3) is 0.586. The molecule has 0 spiro atoms. The number of carbonyl (C=O) groups excluding carboxylic acids is 1. The van der Waals surface area contributed by atoms with E-state index in [-0.39, 0.29) is 18.0 Å². The molecule has 3 nitrogen and oxygen atoms in total. The van der Waals surface area contributed by atoms with Crippen molar-refractivity contribution in [2.75, 3.05) is 0 Å². The van der Waals surface area contributed by atoms with Crippen LogP contribution < -0.4 is 0 Å². The lowest BCUT2D eigenvalue weighted by Gasteiger charge is -2.31. The predicted molar refractivity (Wildman–Crippen MR) is 130 cm³/mol. The van der Waals surface area contributed by atoms with Gasteiger partial charge in [-0.1, -0.05) is 55.8 Å². The maximum atomic E-state index is 12.7. The molecular formula is C29H39NO2. The average molecular weight is 434 g/mol. The van der Waals surface area contributed by atoms with E-state index >= 15 is 0 Å². The summed E-state index contributed by atoms with van der Waals surface area (Å²) in [6.07, 6.45) is 20.5. The monoisotopic (exact) mass is 433 g/mol. The van der Waals surface area contributed by atoms with Gasteiger partial charge in [0.05, 0.1) is 12.0 Å². The van der Waals surface area contributed by atoms with Crippen molar-refractivity contribution in [3.63, 3.8) is 0 Å². The fourth-order valence-corrected chi connectivity index (χ4v) is 5.31. The number of benzene rings is 1. The number of allylic oxidation sites excluding steroid dienone is 4. The van der Waals surface area contributed by atoms with E-state index in [0.29, 0.717) is 5.92 Å². The van der Waals surface area contributed by atoms with Crippen molar-refractivity contribution in [3.8, 4) is 6.07 Å². The van der Waals surface area contributed by atoms with Crippen LogP contribution in [0.4, 0.5) is 0 Å². The van der Waals surface area contributed by atoms with Gasteiger partial charge in [-0.05, 0) is 93.6 Å². The molecule has 1 aromatic carbocycles. The Kier molecular flexibility index (Phi) is 10.1. The third-order valence-corrected chi connectivity index (χ3v) is 7.29. The molecule has 2 aliphatic rings. The number of ether oxygens (including phenoxy) is 1. The zero-order valence-corrected chi connectivity index (χ0v) is 19.7. The summed E-state index contributed by atoms with van der Waals surface area (Å²) in [7, 11) is 0. The first-order chi connectivity index (χ1) is 15.7. The van der Waals surface area contributed by atoms with E-state index in [4.69, 9.17) is 10.00 Å². The van der Waals surface area contributed by atoms with Crippen molar-refractivity contribution in [2.24, 2.45) is 11.8 Å². The molecule has 2 saturated carbocycles. The summed E-state index contributed by atoms with van der Waals surface area (Å²) in [5.41, 5.74) is 2.86. The van der Waals surface area contributed by atoms with Gasteiger partial charge in [-0.2, -0.15) is 5.26 Å². The number of hydrogen-bond acceptors (Lipinski definition) is 3. The Labute approximate surface area is 194 Å². The van der Waals surface area contributed by atoms with E-state index in [0.717, 1.165) is 70.1 Å². The van der Waals surface area contributed by atoms with Crippen LogP contribution in [-0.2, 0) is 16.0 Å². The lowest BCUT2D eigenvalue weighted by Crippen LogP contribution is -2.29. The second-order valence-corrected chi connectivity index (χ2v) is 9.61. The summed E-state index contributed by atoms with van der Waals surface area (Å²) in [6, 6.07) is 11.1. The van der Waals surface area contributed by atoms with Crippen molar-refractivity contribution in [3.05, 3.63) is 59.7 Å². The molecule has 0 unspecified atom stereocenters. The van der Waals surface area contributed by atoms with Crippen LogP contribution >= 0.6 is 0 Å². The highest BCUT2D eigenvalue weighted by Gasteiger charge is 2.31. The molecule has 3 heteroatoms. The Morgan fingerprint density at radius 1 is 1.03 bits per heavy atom. The van der Waals surface area contributed by atoms with E-state index in [1.807, 2.05) is 12.1 Å². The second kappa shape index (κ2) is 13.3. The van der Waals surface area contributed by atoms with E-state index in [2.05, 4.69) is 37.3 Å². The molecule has 0 aromatic heterocycles. The molecule has 0 bridgehead atoms. The summed E-state index contributed by atoms with van der Waals surface area (Å²) >= 11 is 0. The van der Waals surface area contributed by atoms with Crippen molar-refractivity contribution in [1.82, 2.24) is 0 Å². The number of hydrogen-bond donors (Lipinski definition) is 0. The van der Waals surface area contributed by atoms with Crippen LogP contribution in [0.15, 0.2) is 48.6 Å². The first-order valence-electron chi connectivity index (χ1n) is 12.7. The quantitative estimate of drug-likeness (QED) is 0.231. The second-order valence-electron chi connectivity index (χ2n) is 9.61. The summed E-state index contributed by atoms with van der Waals surface area (Å²) in [5.74, 6) is 1.47. The molecule has 0 saturated heterocycles. The van der Waals surface area contributed by atoms with Gasteiger partial charge in [0.15, 0.2) is 0 Å². The lowest BCUT2D eigenvalue weighted by molar-refractivity contribution is -0.157. The van der Waals surface area contributed by atoms with Crippen LogP contribution in [0.1, 0.15) is 94.6 Å². The van der Waals surface area contributed by atoms with E-state index in [1.165, 1.54) is 30.0 Å². The highest BCUT2D eigenvalue weighted by atomic mass is 16.5. The van der Waals surface area contributed by atoms with Gasteiger partial charge < -0.3 is 4.74 Å². The Hall–Kier alpha value is -2.34. The molecular weight excluding hydrogens is 394 g/mol. The van der Waals surface area contributed by atoms with Crippen molar-refractivity contribution < 1.29 is 9.53 Å². The molecule has 0 heterocycles. The topological polar surface area (TPSA) is 50.1 Å². The summed E-state index contributed by atoms with van der Waals surface area (Å²) < 4.78 is 5.94. The maximum Gasteiger partial charge on any atom is 0.309 e. The van der Waals surface area contributed by atoms with Gasteiger partial charge in [-0.15, -0.1) is 0 Å². The standard InChI is InChI=1S/C29H39NO2/c1-2-8-23-10-14-25(15-11-23)26-16-18-27(19-17-26)29(31)32-28-20-12-24(13-21-28)9-6-4-3-5-7-22-30/h3-5,7,10-11,14-15,24,26-28H,2,6,8-9,12-13,16-21H2,1H3/t24-,26-,27-,28-. The smallest absolute Gasteiger partial charge is 0.309 e.